The number of urea groups is 1. The van der Waals surface area contributed by atoms with Gasteiger partial charge in [-0.05, 0) is 24.3 Å². The van der Waals surface area contributed by atoms with Crippen LogP contribution in [0.5, 0.6) is 0 Å². The lowest BCUT2D eigenvalue weighted by Crippen LogP contribution is -2.33. The Hall–Kier alpha value is -2.35. The maximum atomic E-state index is 12.7. The van der Waals surface area contributed by atoms with Crippen molar-refractivity contribution in [2.75, 3.05) is 18.0 Å². The predicted molar refractivity (Wildman–Crippen MR) is 59.7 cm³/mol. The highest BCUT2D eigenvalue weighted by Gasteiger charge is 2.36. The van der Waals surface area contributed by atoms with Crippen LogP contribution in [0.25, 0.3) is 0 Å². The molecule has 0 unspecified atom stereocenters. The van der Waals surface area contributed by atoms with Gasteiger partial charge in [0.1, 0.15) is 12.4 Å². The lowest BCUT2D eigenvalue weighted by Gasteiger charge is -2.14. The molecule has 4 nitrogen and oxygen atoms in total. The highest BCUT2D eigenvalue weighted by molar-refractivity contribution is 6.19. The standard InChI is InChI=1S/C12H9FN2O2/c1-2-7-14-8-11(16)15(12(14)17)10-5-3-9(13)4-6-10/h1,3-6H,7-8H2. The molecule has 0 N–H and O–H groups in total. The molecule has 0 radical (unpaired) electrons. The van der Waals surface area contributed by atoms with Gasteiger partial charge in [-0.15, -0.1) is 6.42 Å². The summed E-state index contributed by atoms with van der Waals surface area (Å²) >= 11 is 0. The molecule has 3 amide bonds. The molecule has 0 aromatic heterocycles. The Morgan fingerprint density at radius 1 is 1.29 bits per heavy atom. The molecule has 0 atom stereocenters. The summed E-state index contributed by atoms with van der Waals surface area (Å²) in [5.74, 6) is 1.52. The van der Waals surface area contributed by atoms with E-state index in [4.69, 9.17) is 6.42 Å². The van der Waals surface area contributed by atoms with Crippen molar-refractivity contribution in [3.63, 3.8) is 0 Å². The zero-order chi connectivity index (χ0) is 12.4. The van der Waals surface area contributed by atoms with Crippen LogP contribution in [0.3, 0.4) is 0 Å². The number of carbonyl (C=O) groups excluding carboxylic acids is 2. The Kier molecular flexibility index (Phi) is 2.79. The first-order valence-corrected chi connectivity index (χ1v) is 4.94. The second-order valence-corrected chi connectivity index (χ2v) is 3.55. The van der Waals surface area contributed by atoms with Crippen LogP contribution >= 0.6 is 0 Å². The Morgan fingerprint density at radius 2 is 1.94 bits per heavy atom. The molecule has 0 bridgehead atoms. The third-order valence-electron chi connectivity index (χ3n) is 2.40. The van der Waals surface area contributed by atoms with Gasteiger partial charge in [-0.1, -0.05) is 5.92 Å². The summed E-state index contributed by atoms with van der Waals surface area (Å²) in [6.45, 7) is 0.0443. The lowest BCUT2D eigenvalue weighted by molar-refractivity contribution is -0.116. The number of benzene rings is 1. The summed E-state index contributed by atoms with van der Waals surface area (Å²) in [6, 6.07) is 4.67. The number of hydrogen-bond acceptors (Lipinski definition) is 2. The lowest BCUT2D eigenvalue weighted by atomic mass is 10.3. The van der Waals surface area contributed by atoms with Crippen LogP contribution in [0, 0.1) is 18.2 Å². The molecule has 1 heterocycles. The fraction of sp³-hybridized carbons (Fsp3) is 0.167. The molecule has 1 saturated heterocycles. The molecule has 1 fully saturated rings. The maximum absolute atomic E-state index is 12.7. The third kappa shape index (κ3) is 1.97. The van der Waals surface area contributed by atoms with Crippen LogP contribution in [0.4, 0.5) is 14.9 Å². The molecule has 1 aromatic carbocycles. The van der Waals surface area contributed by atoms with Gasteiger partial charge in [-0.3, -0.25) is 4.79 Å². The zero-order valence-electron chi connectivity index (χ0n) is 8.89. The Labute approximate surface area is 97.6 Å². The monoisotopic (exact) mass is 232 g/mol. The largest absolute Gasteiger partial charge is 0.332 e. The highest BCUT2D eigenvalue weighted by atomic mass is 19.1. The van der Waals surface area contributed by atoms with Gasteiger partial charge in [0.05, 0.1) is 12.2 Å². The Morgan fingerprint density at radius 3 is 2.53 bits per heavy atom. The molecule has 86 valence electrons. The number of hydrogen-bond donors (Lipinski definition) is 0. The normalized spacial score (nSPS) is 15.3. The average Bonchev–Trinajstić information content (AvgIpc) is 2.57. The van der Waals surface area contributed by atoms with Gasteiger partial charge in [0, 0.05) is 0 Å². The summed E-state index contributed by atoms with van der Waals surface area (Å²) < 4.78 is 12.7. The molecule has 17 heavy (non-hydrogen) atoms. The van der Waals surface area contributed by atoms with Crippen LogP contribution in [0.1, 0.15) is 0 Å². The van der Waals surface area contributed by atoms with Crippen molar-refractivity contribution in [1.29, 1.82) is 0 Å². The first-order valence-electron chi connectivity index (χ1n) is 4.94. The third-order valence-corrected chi connectivity index (χ3v) is 2.40. The van der Waals surface area contributed by atoms with Crippen molar-refractivity contribution in [3.05, 3.63) is 30.1 Å². The number of anilines is 1. The first kappa shape index (κ1) is 11.1. The Bertz CT molecular complexity index is 504. The second-order valence-electron chi connectivity index (χ2n) is 3.55. The number of carbonyl (C=O) groups is 2. The molecule has 0 spiro atoms. The van der Waals surface area contributed by atoms with Crippen molar-refractivity contribution >= 4 is 17.6 Å². The summed E-state index contributed by atoms with van der Waals surface area (Å²) in [7, 11) is 0. The van der Waals surface area contributed by atoms with Gasteiger partial charge in [0.2, 0.25) is 0 Å². The van der Waals surface area contributed by atoms with E-state index < -0.39 is 11.8 Å². The molecule has 0 saturated carbocycles. The number of imide groups is 1. The van der Waals surface area contributed by atoms with E-state index in [0.717, 1.165) is 4.90 Å². The van der Waals surface area contributed by atoms with E-state index in [1.54, 1.807) is 0 Å². The highest BCUT2D eigenvalue weighted by Crippen LogP contribution is 2.21. The van der Waals surface area contributed by atoms with Crippen molar-refractivity contribution < 1.29 is 14.0 Å². The van der Waals surface area contributed by atoms with Gasteiger partial charge < -0.3 is 4.90 Å². The summed E-state index contributed by atoms with van der Waals surface area (Å²) in [6.07, 6.45) is 5.10. The van der Waals surface area contributed by atoms with Crippen molar-refractivity contribution in [3.8, 4) is 12.3 Å². The van der Waals surface area contributed by atoms with Gasteiger partial charge >= 0.3 is 6.03 Å². The second kappa shape index (κ2) is 4.26. The molecule has 2 rings (SSSR count). The SMILES string of the molecule is C#CCN1CC(=O)N(c2ccc(F)cc2)C1=O. The quantitative estimate of drug-likeness (QED) is 0.568. The predicted octanol–water partition coefficient (Wildman–Crippen LogP) is 1.23. The number of amides is 3. The van der Waals surface area contributed by atoms with Gasteiger partial charge in [-0.25, -0.2) is 14.1 Å². The van der Waals surface area contributed by atoms with Crippen LogP contribution in [-0.4, -0.2) is 29.9 Å². The van der Waals surface area contributed by atoms with E-state index in [0.29, 0.717) is 5.69 Å². The molecular formula is C12H9FN2O2. The van der Waals surface area contributed by atoms with Crippen LogP contribution < -0.4 is 4.90 Å². The minimum absolute atomic E-state index is 0.0413. The van der Waals surface area contributed by atoms with E-state index in [2.05, 4.69) is 5.92 Å². The van der Waals surface area contributed by atoms with Crippen molar-refractivity contribution in [2.24, 2.45) is 0 Å². The average molecular weight is 232 g/mol. The minimum atomic E-state index is -0.473. The van der Waals surface area contributed by atoms with Crippen LogP contribution in [0.15, 0.2) is 24.3 Å². The van der Waals surface area contributed by atoms with E-state index in [9.17, 15) is 14.0 Å². The van der Waals surface area contributed by atoms with E-state index >= 15 is 0 Å². The van der Waals surface area contributed by atoms with E-state index in [1.165, 1.54) is 29.2 Å². The molecule has 1 aliphatic rings. The summed E-state index contributed by atoms with van der Waals surface area (Å²) in [5.41, 5.74) is 0.348. The maximum Gasteiger partial charge on any atom is 0.332 e. The molecule has 0 aliphatic carbocycles. The number of terminal acetylenes is 1. The molecular weight excluding hydrogens is 223 g/mol. The Balaban J connectivity index is 2.28. The zero-order valence-corrected chi connectivity index (χ0v) is 8.89. The molecule has 1 aromatic rings. The molecule has 1 aliphatic heterocycles. The first-order chi connectivity index (χ1) is 8.13. The van der Waals surface area contributed by atoms with Gasteiger partial charge in [-0.2, -0.15) is 0 Å². The van der Waals surface area contributed by atoms with Crippen molar-refractivity contribution in [1.82, 2.24) is 4.90 Å². The van der Waals surface area contributed by atoms with E-state index in [-0.39, 0.29) is 19.0 Å². The van der Waals surface area contributed by atoms with Crippen LogP contribution in [-0.2, 0) is 4.79 Å². The molecule has 5 heteroatoms. The van der Waals surface area contributed by atoms with Crippen molar-refractivity contribution in [2.45, 2.75) is 0 Å². The van der Waals surface area contributed by atoms with E-state index in [1.807, 2.05) is 0 Å². The number of rotatable bonds is 2. The topological polar surface area (TPSA) is 40.6 Å². The van der Waals surface area contributed by atoms with Gasteiger partial charge in [0.25, 0.3) is 5.91 Å². The summed E-state index contributed by atoms with van der Waals surface area (Å²) in [5, 5.41) is 0. The fourth-order valence-electron chi connectivity index (χ4n) is 1.63. The number of halogens is 1. The van der Waals surface area contributed by atoms with Gasteiger partial charge in [0.15, 0.2) is 0 Å². The minimum Gasteiger partial charge on any atom is -0.303 e. The fourth-order valence-corrected chi connectivity index (χ4v) is 1.63. The summed E-state index contributed by atoms with van der Waals surface area (Å²) in [4.78, 5) is 25.7. The smallest absolute Gasteiger partial charge is 0.303 e. The number of nitrogens with zero attached hydrogens (tertiary/aromatic N) is 2. The van der Waals surface area contributed by atoms with Crippen LogP contribution in [0.2, 0.25) is 0 Å².